The number of likely N-dealkylation sites (tertiary alicyclic amines) is 1. The number of ketones is 1. The highest BCUT2D eigenvalue weighted by atomic mass is 16.1. The molecule has 1 heterocycles. The first-order valence-corrected chi connectivity index (χ1v) is 5.45. The number of likely N-dealkylation sites (N-methyl/N-ethyl adjacent to an activating group) is 1. The molecule has 0 aliphatic carbocycles. The van der Waals surface area contributed by atoms with Crippen LogP contribution < -0.4 is 0 Å². The van der Waals surface area contributed by atoms with E-state index in [-0.39, 0.29) is 6.04 Å². The molecule has 2 nitrogen and oxygen atoms in total. The Labute approximate surface area is 90.9 Å². The minimum absolute atomic E-state index is 0.104. The third kappa shape index (κ3) is 2.26. The summed E-state index contributed by atoms with van der Waals surface area (Å²) in [5, 5.41) is 0. The van der Waals surface area contributed by atoms with Crippen LogP contribution in [0.25, 0.3) is 0 Å². The maximum absolute atomic E-state index is 11.6. The van der Waals surface area contributed by atoms with E-state index in [1.54, 1.807) is 0 Å². The van der Waals surface area contributed by atoms with E-state index in [2.05, 4.69) is 36.1 Å². The van der Waals surface area contributed by atoms with Crippen molar-refractivity contribution < 1.29 is 4.79 Å². The topological polar surface area (TPSA) is 20.3 Å². The summed E-state index contributed by atoms with van der Waals surface area (Å²) >= 11 is 0. The summed E-state index contributed by atoms with van der Waals surface area (Å²) in [7, 11) is 2.03. The van der Waals surface area contributed by atoms with Crippen molar-refractivity contribution in [2.45, 2.75) is 25.8 Å². The molecule has 80 valence electrons. The zero-order chi connectivity index (χ0) is 10.8. The zero-order valence-corrected chi connectivity index (χ0v) is 9.36. The van der Waals surface area contributed by atoms with E-state index in [0.717, 1.165) is 13.0 Å². The van der Waals surface area contributed by atoms with Crippen molar-refractivity contribution in [1.82, 2.24) is 4.90 Å². The number of rotatable bonds is 2. The molecule has 2 rings (SSSR count). The number of hydrogen-bond donors (Lipinski definition) is 0. The average Bonchev–Trinajstić information content (AvgIpc) is 2.53. The van der Waals surface area contributed by atoms with E-state index >= 15 is 0 Å². The lowest BCUT2D eigenvalue weighted by molar-refractivity contribution is -0.119. The van der Waals surface area contributed by atoms with Gasteiger partial charge in [0.15, 0.2) is 5.78 Å². The molecule has 1 fully saturated rings. The van der Waals surface area contributed by atoms with Gasteiger partial charge in [-0.25, -0.2) is 0 Å². The second-order valence-corrected chi connectivity index (χ2v) is 4.40. The van der Waals surface area contributed by atoms with Crippen LogP contribution >= 0.6 is 0 Å². The number of nitrogens with zero attached hydrogens (tertiary/aromatic N) is 1. The number of benzene rings is 1. The minimum atomic E-state index is 0.104. The quantitative estimate of drug-likeness (QED) is 0.730. The van der Waals surface area contributed by atoms with Crippen molar-refractivity contribution in [2.75, 3.05) is 13.6 Å². The number of hydrogen-bond acceptors (Lipinski definition) is 2. The van der Waals surface area contributed by atoms with Gasteiger partial charge in [0, 0.05) is 13.0 Å². The third-order valence-corrected chi connectivity index (χ3v) is 3.16. The molecule has 0 N–H and O–H groups in total. The van der Waals surface area contributed by atoms with Gasteiger partial charge in [-0.15, -0.1) is 0 Å². The van der Waals surface area contributed by atoms with Gasteiger partial charge < -0.3 is 0 Å². The molecule has 0 spiro atoms. The van der Waals surface area contributed by atoms with E-state index in [0.29, 0.717) is 12.2 Å². The maximum atomic E-state index is 11.6. The van der Waals surface area contributed by atoms with Crippen molar-refractivity contribution >= 4 is 5.78 Å². The Bertz CT molecular complexity index is 355. The fourth-order valence-electron chi connectivity index (χ4n) is 2.07. The Morgan fingerprint density at radius 1 is 1.33 bits per heavy atom. The Morgan fingerprint density at radius 2 is 2.00 bits per heavy atom. The van der Waals surface area contributed by atoms with Crippen LogP contribution in [0.2, 0.25) is 0 Å². The molecule has 1 saturated heterocycles. The van der Waals surface area contributed by atoms with Crippen molar-refractivity contribution in [3.63, 3.8) is 0 Å². The molecule has 0 amide bonds. The predicted molar refractivity (Wildman–Crippen MR) is 60.9 cm³/mol. The van der Waals surface area contributed by atoms with Gasteiger partial charge in [-0.1, -0.05) is 29.8 Å². The zero-order valence-electron chi connectivity index (χ0n) is 9.36. The largest absolute Gasteiger partial charge is 0.298 e. The third-order valence-electron chi connectivity index (χ3n) is 3.16. The van der Waals surface area contributed by atoms with E-state index in [4.69, 9.17) is 0 Å². The van der Waals surface area contributed by atoms with Gasteiger partial charge >= 0.3 is 0 Å². The van der Waals surface area contributed by atoms with Gasteiger partial charge in [0.2, 0.25) is 0 Å². The SMILES string of the molecule is Cc1ccc(CC2C(=O)CCN2C)cc1. The van der Waals surface area contributed by atoms with E-state index in [1.807, 2.05) is 7.05 Å². The van der Waals surface area contributed by atoms with Crippen molar-refractivity contribution in [3.05, 3.63) is 35.4 Å². The molecule has 0 bridgehead atoms. The Balaban J connectivity index is 2.08. The molecule has 15 heavy (non-hydrogen) atoms. The van der Waals surface area contributed by atoms with Gasteiger partial charge in [-0.05, 0) is 26.0 Å². The standard InChI is InChI=1S/C13H17NO/c1-10-3-5-11(6-4-10)9-12-13(15)7-8-14(12)2/h3-6,12H,7-9H2,1-2H3. The number of aryl methyl sites for hydroxylation is 1. The highest BCUT2D eigenvalue weighted by Gasteiger charge is 2.29. The van der Waals surface area contributed by atoms with E-state index in [1.165, 1.54) is 11.1 Å². The molecule has 1 aliphatic rings. The van der Waals surface area contributed by atoms with Crippen LogP contribution in [0.1, 0.15) is 17.5 Å². The molecule has 1 aromatic rings. The molecule has 1 aromatic carbocycles. The second kappa shape index (κ2) is 4.15. The van der Waals surface area contributed by atoms with Gasteiger partial charge in [0.05, 0.1) is 6.04 Å². The normalized spacial score (nSPS) is 22.3. The molecular formula is C13H17NO. The first-order chi connectivity index (χ1) is 7.16. The summed E-state index contributed by atoms with van der Waals surface area (Å²) in [6.45, 7) is 2.99. The van der Waals surface area contributed by atoms with Crippen LogP contribution in [-0.4, -0.2) is 30.3 Å². The summed E-state index contributed by atoms with van der Waals surface area (Å²) in [6.07, 6.45) is 1.57. The summed E-state index contributed by atoms with van der Waals surface area (Å²) in [5.41, 5.74) is 2.53. The smallest absolute Gasteiger partial charge is 0.151 e. The van der Waals surface area contributed by atoms with Crippen LogP contribution in [0.3, 0.4) is 0 Å². The molecule has 0 saturated carbocycles. The van der Waals surface area contributed by atoms with Gasteiger partial charge in [0.25, 0.3) is 0 Å². The maximum Gasteiger partial charge on any atom is 0.151 e. The fraction of sp³-hybridized carbons (Fsp3) is 0.462. The average molecular weight is 203 g/mol. The molecule has 0 aromatic heterocycles. The monoisotopic (exact) mass is 203 g/mol. The van der Waals surface area contributed by atoms with Crippen molar-refractivity contribution in [3.8, 4) is 0 Å². The molecular weight excluding hydrogens is 186 g/mol. The van der Waals surface area contributed by atoms with Crippen LogP contribution in [0.4, 0.5) is 0 Å². The lowest BCUT2D eigenvalue weighted by atomic mass is 10.0. The van der Waals surface area contributed by atoms with Gasteiger partial charge in [0.1, 0.15) is 0 Å². The van der Waals surface area contributed by atoms with Crippen LogP contribution in [-0.2, 0) is 11.2 Å². The second-order valence-electron chi connectivity index (χ2n) is 4.40. The highest BCUT2D eigenvalue weighted by molar-refractivity contribution is 5.86. The van der Waals surface area contributed by atoms with E-state index in [9.17, 15) is 4.79 Å². The molecule has 1 aliphatic heterocycles. The van der Waals surface area contributed by atoms with Gasteiger partial charge in [-0.3, -0.25) is 9.69 Å². The fourth-order valence-corrected chi connectivity index (χ4v) is 2.07. The van der Waals surface area contributed by atoms with Crippen LogP contribution in [0, 0.1) is 6.92 Å². The van der Waals surface area contributed by atoms with Crippen LogP contribution in [0.15, 0.2) is 24.3 Å². The predicted octanol–water partition coefficient (Wildman–Crippen LogP) is 1.81. The van der Waals surface area contributed by atoms with Crippen LogP contribution in [0.5, 0.6) is 0 Å². The van der Waals surface area contributed by atoms with Crippen molar-refractivity contribution in [2.24, 2.45) is 0 Å². The first-order valence-electron chi connectivity index (χ1n) is 5.45. The van der Waals surface area contributed by atoms with Gasteiger partial charge in [-0.2, -0.15) is 0 Å². The summed E-state index contributed by atoms with van der Waals surface area (Å²) < 4.78 is 0. The molecule has 2 heteroatoms. The summed E-state index contributed by atoms with van der Waals surface area (Å²) in [5.74, 6) is 0.387. The summed E-state index contributed by atoms with van der Waals surface area (Å²) in [6, 6.07) is 8.56. The lowest BCUT2D eigenvalue weighted by Gasteiger charge is -2.17. The Kier molecular flexibility index (Phi) is 2.87. The Hall–Kier alpha value is -1.15. The molecule has 0 radical (unpaired) electrons. The number of carbonyl (C=O) groups is 1. The number of Topliss-reactive ketones (excluding diaryl/α,β-unsaturated/α-hetero) is 1. The number of carbonyl (C=O) groups excluding carboxylic acids is 1. The summed E-state index contributed by atoms with van der Waals surface area (Å²) in [4.78, 5) is 13.8. The molecule has 1 atom stereocenters. The van der Waals surface area contributed by atoms with E-state index < -0.39 is 0 Å². The highest BCUT2D eigenvalue weighted by Crippen LogP contribution is 2.16. The van der Waals surface area contributed by atoms with Crippen molar-refractivity contribution in [1.29, 1.82) is 0 Å². The first kappa shape index (κ1) is 10.4. The lowest BCUT2D eigenvalue weighted by Crippen LogP contribution is -2.31. The molecule has 1 unspecified atom stereocenters. The minimum Gasteiger partial charge on any atom is -0.298 e. The Morgan fingerprint density at radius 3 is 2.53 bits per heavy atom.